The lowest BCUT2D eigenvalue weighted by molar-refractivity contribution is -0.274. The van der Waals surface area contributed by atoms with Crippen molar-refractivity contribution in [2.24, 2.45) is 0 Å². The number of nitrogen functional groups attached to an aromatic ring is 1. The van der Waals surface area contributed by atoms with Crippen LogP contribution in [0.4, 0.5) is 18.9 Å². The molecule has 1 unspecified atom stereocenters. The van der Waals surface area contributed by atoms with Gasteiger partial charge in [0.1, 0.15) is 0 Å². The van der Waals surface area contributed by atoms with Gasteiger partial charge in [-0.1, -0.05) is 11.6 Å². The number of rotatable bonds is 3. The van der Waals surface area contributed by atoms with Crippen LogP contribution in [0, 0.1) is 0 Å². The number of hydrogen-bond acceptors (Lipinski definition) is 4. The Morgan fingerprint density at radius 3 is 2.44 bits per heavy atom. The molecule has 0 heterocycles. The molecule has 4 N–H and O–H groups in total. The summed E-state index contributed by atoms with van der Waals surface area (Å²) in [7, 11) is 0. The minimum absolute atomic E-state index is 0.323. The number of halogens is 4. The van der Waals surface area contributed by atoms with Crippen molar-refractivity contribution in [2.45, 2.75) is 12.5 Å². The minimum Gasteiger partial charge on any atom is -0.479 e. The Labute approximate surface area is 104 Å². The van der Waals surface area contributed by atoms with Crippen LogP contribution in [0.2, 0.25) is 5.02 Å². The number of benzene rings is 1. The monoisotopic (exact) mass is 285 g/mol. The molecule has 0 amide bonds. The number of aliphatic hydroxyl groups is 1. The van der Waals surface area contributed by atoms with Gasteiger partial charge in [-0.15, -0.1) is 13.2 Å². The third-order valence-electron chi connectivity index (χ3n) is 1.88. The maximum atomic E-state index is 12.0. The van der Waals surface area contributed by atoms with Gasteiger partial charge in [0, 0.05) is 11.6 Å². The third-order valence-corrected chi connectivity index (χ3v) is 2.21. The number of aliphatic hydroxyl groups excluding tert-OH is 1. The summed E-state index contributed by atoms with van der Waals surface area (Å²) >= 11 is 5.54. The molecule has 18 heavy (non-hydrogen) atoms. The topological polar surface area (TPSA) is 92.8 Å². The molecule has 9 heteroatoms. The molecule has 0 aromatic heterocycles. The van der Waals surface area contributed by atoms with E-state index in [-0.39, 0.29) is 5.56 Å². The van der Waals surface area contributed by atoms with E-state index in [1.54, 1.807) is 0 Å². The lowest BCUT2D eigenvalue weighted by Gasteiger charge is -2.14. The van der Waals surface area contributed by atoms with Gasteiger partial charge in [-0.25, -0.2) is 4.79 Å². The van der Waals surface area contributed by atoms with Crippen LogP contribution in [0.3, 0.4) is 0 Å². The number of anilines is 1. The summed E-state index contributed by atoms with van der Waals surface area (Å²) in [6, 6.07) is 1.49. The Morgan fingerprint density at radius 2 is 2.00 bits per heavy atom. The van der Waals surface area contributed by atoms with Crippen molar-refractivity contribution >= 4 is 23.3 Å². The van der Waals surface area contributed by atoms with Gasteiger partial charge in [-0.05, 0) is 6.07 Å². The van der Waals surface area contributed by atoms with E-state index >= 15 is 0 Å². The molecule has 1 rings (SSSR count). The minimum atomic E-state index is -4.95. The van der Waals surface area contributed by atoms with Gasteiger partial charge < -0.3 is 20.7 Å². The molecule has 0 saturated carbocycles. The van der Waals surface area contributed by atoms with Crippen LogP contribution in [-0.2, 0) is 4.79 Å². The molecule has 0 bridgehead atoms. The average molecular weight is 286 g/mol. The van der Waals surface area contributed by atoms with Crippen molar-refractivity contribution in [1.82, 2.24) is 0 Å². The van der Waals surface area contributed by atoms with E-state index in [9.17, 15) is 23.1 Å². The highest BCUT2D eigenvalue weighted by Crippen LogP contribution is 2.35. The molecule has 0 aliphatic rings. The zero-order valence-corrected chi connectivity index (χ0v) is 9.29. The molecule has 1 aromatic rings. The molecular formula is C9H7ClF3NO4. The van der Waals surface area contributed by atoms with E-state index in [0.29, 0.717) is 6.07 Å². The number of hydrogen-bond donors (Lipinski definition) is 3. The Morgan fingerprint density at radius 1 is 1.44 bits per heavy atom. The summed E-state index contributed by atoms with van der Waals surface area (Å²) in [5, 5.41) is 17.4. The van der Waals surface area contributed by atoms with Crippen LogP contribution in [0.25, 0.3) is 0 Å². The van der Waals surface area contributed by atoms with Crippen LogP contribution in [-0.4, -0.2) is 22.5 Å². The smallest absolute Gasteiger partial charge is 0.479 e. The Kier molecular flexibility index (Phi) is 3.92. The molecule has 0 spiro atoms. The zero-order chi connectivity index (χ0) is 14.1. The van der Waals surface area contributed by atoms with E-state index in [2.05, 4.69) is 4.74 Å². The largest absolute Gasteiger partial charge is 0.573 e. The van der Waals surface area contributed by atoms with E-state index in [1.807, 2.05) is 0 Å². The molecule has 0 aliphatic heterocycles. The lowest BCUT2D eigenvalue weighted by Crippen LogP contribution is -2.18. The molecule has 0 radical (unpaired) electrons. The summed E-state index contributed by atoms with van der Waals surface area (Å²) in [6.45, 7) is 0. The highest BCUT2D eigenvalue weighted by molar-refractivity contribution is 6.31. The van der Waals surface area contributed by atoms with Crippen LogP contribution in [0.1, 0.15) is 11.7 Å². The quantitative estimate of drug-likeness (QED) is 0.738. The first kappa shape index (κ1) is 14.4. The number of carbonyl (C=O) groups is 1. The van der Waals surface area contributed by atoms with Crippen LogP contribution in [0.15, 0.2) is 12.1 Å². The van der Waals surface area contributed by atoms with E-state index < -0.39 is 34.9 Å². The molecule has 1 aromatic carbocycles. The summed E-state index contributed by atoms with van der Waals surface area (Å²) < 4.78 is 39.5. The maximum absolute atomic E-state index is 12.0. The van der Waals surface area contributed by atoms with Gasteiger partial charge in [-0.2, -0.15) is 0 Å². The standard InChI is InChI=1S/C9H7ClF3NO4/c10-4-2-6(18-9(11,12)13)5(14)1-3(4)7(15)8(16)17/h1-2,7,15H,14H2,(H,16,17). The zero-order valence-electron chi connectivity index (χ0n) is 8.53. The second-order valence-corrected chi connectivity index (χ2v) is 3.61. The highest BCUT2D eigenvalue weighted by atomic mass is 35.5. The Balaban J connectivity index is 3.16. The van der Waals surface area contributed by atoms with Crippen molar-refractivity contribution in [2.75, 3.05) is 5.73 Å². The maximum Gasteiger partial charge on any atom is 0.573 e. The average Bonchev–Trinajstić information content (AvgIpc) is 2.19. The molecule has 5 nitrogen and oxygen atoms in total. The van der Waals surface area contributed by atoms with Gasteiger partial charge in [0.15, 0.2) is 11.9 Å². The predicted octanol–water partition coefficient (Wildman–Crippen LogP) is 1.94. The molecule has 0 fully saturated rings. The SMILES string of the molecule is Nc1cc(C(O)C(=O)O)c(Cl)cc1OC(F)(F)F. The van der Waals surface area contributed by atoms with Crippen LogP contribution < -0.4 is 10.5 Å². The van der Waals surface area contributed by atoms with Crippen molar-refractivity contribution in [3.05, 3.63) is 22.7 Å². The number of carboxylic acids is 1. The first-order valence-electron chi connectivity index (χ1n) is 4.37. The van der Waals surface area contributed by atoms with Gasteiger partial charge in [0.25, 0.3) is 0 Å². The first-order chi connectivity index (χ1) is 8.11. The predicted molar refractivity (Wildman–Crippen MR) is 55.1 cm³/mol. The molecule has 0 saturated heterocycles. The summed E-state index contributed by atoms with van der Waals surface area (Å²) in [5.41, 5.74) is 4.43. The fourth-order valence-corrected chi connectivity index (χ4v) is 1.40. The van der Waals surface area contributed by atoms with Crippen molar-refractivity contribution < 1.29 is 32.9 Å². The van der Waals surface area contributed by atoms with E-state index in [4.69, 9.17) is 22.4 Å². The third kappa shape index (κ3) is 3.41. The van der Waals surface area contributed by atoms with Gasteiger partial charge >= 0.3 is 12.3 Å². The number of ether oxygens (including phenoxy) is 1. The number of aliphatic carboxylic acids is 1. The number of nitrogens with two attached hydrogens (primary N) is 1. The molecular weight excluding hydrogens is 279 g/mol. The van der Waals surface area contributed by atoms with Crippen LogP contribution in [0.5, 0.6) is 5.75 Å². The first-order valence-corrected chi connectivity index (χ1v) is 4.75. The second-order valence-electron chi connectivity index (χ2n) is 3.20. The molecule has 1 atom stereocenters. The highest BCUT2D eigenvalue weighted by Gasteiger charge is 2.32. The van der Waals surface area contributed by atoms with Crippen molar-refractivity contribution in [3.8, 4) is 5.75 Å². The normalized spacial score (nSPS) is 13.2. The Hall–Kier alpha value is -1.67. The van der Waals surface area contributed by atoms with Crippen molar-refractivity contribution in [3.63, 3.8) is 0 Å². The summed E-state index contributed by atoms with van der Waals surface area (Å²) in [4.78, 5) is 10.5. The van der Waals surface area contributed by atoms with Gasteiger partial charge in [0.05, 0.1) is 10.7 Å². The van der Waals surface area contributed by atoms with E-state index in [0.717, 1.165) is 6.07 Å². The van der Waals surface area contributed by atoms with Crippen LogP contribution >= 0.6 is 11.6 Å². The van der Waals surface area contributed by atoms with Gasteiger partial charge in [-0.3, -0.25) is 0 Å². The lowest BCUT2D eigenvalue weighted by atomic mass is 10.1. The Bertz CT molecular complexity index is 478. The van der Waals surface area contributed by atoms with E-state index in [1.165, 1.54) is 0 Å². The number of alkyl halides is 3. The molecule has 100 valence electrons. The number of carboxylic acid groups (broad SMARTS) is 1. The summed E-state index contributed by atoms with van der Waals surface area (Å²) in [6.07, 6.45) is -6.94. The fourth-order valence-electron chi connectivity index (χ4n) is 1.15. The summed E-state index contributed by atoms with van der Waals surface area (Å²) in [5.74, 6) is -2.38. The second kappa shape index (κ2) is 4.91. The van der Waals surface area contributed by atoms with Crippen molar-refractivity contribution in [1.29, 1.82) is 0 Å². The fraction of sp³-hybridized carbons (Fsp3) is 0.222. The molecule has 0 aliphatic carbocycles. The van der Waals surface area contributed by atoms with Gasteiger partial charge in [0.2, 0.25) is 0 Å².